The number of hydrogen-bond acceptors (Lipinski definition) is 6. The van der Waals surface area contributed by atoms with E-state index in [9.17, 15) is 19.8 Å². The zero-order chi connectivity index (χ0) is 28.4. The smallest absolute Gasteiger partial charge is 0.295 e. The largest absolute Gasteiger partial charge is 0.507 e. The summed E-state index contributed by atoms with van der Waals surface area (Å²) in [7, 11) is 1.58. The summed E-state index contributed by atoms with van der Waals surface area (Å²) in [6.07, 6.45) is 0. The number of aromatic hydroxyl groups is 1. The highest BCUT2D eigenvalue weighted by Crippen LogP contribution is 2.43. The van der Waals surface area contributed by atoms with Crippen LogP contribution in [0.2, 0.25) is 0 Å². The number of methoxy groups -OCH3 is 1. The van der Waals surface area contributed by atoms with Gasteiger partial charge in [0.05, 0.1) is 25.3 Å². The summed E-state index contributed by atoms with van der Waals surface area (Å²) in [5.41, 5.74) is 4.73. The van der Waals surface area contributed by atoms with Crippen molar-refractivity contribution in [2.75, 3.05) is 13.7 Å². The van der Waals surface area contributed by atoms with Gasteiger partial charge in [-0.3, -0.25) is 9.59 Å². The van der Waals surface area contributed by atoms with Gasteiger partial charge in [-0.15, -0.1) is 0 Å². The van der Waals surface area contributed by atoms with Crippen molar-refractivity contribution >= 4 is 17.4 Å². The molecular formula is C32H35NO6. The first-order valence-corrected chi connectivity index (χ1v) is 13.1. The molecule has 1 saturated heterocycles. The van der Waals surface area contributed by atoms with Crippen LogP contribution in [0.4, 0.5) is 0 Å². The predicted molar refractivity (Wildman–Crippen MR) is 150 cm³/mol. The van der Waals surface area contributed by atoms with Gasteiger partial charge in [0.1, 0.15) is 11.5 Å². The molecule has 3 aromatic rings. The second kappa shape index (κ2) is 11.2. The molecule has 39 heavy (non-hydrogen) atoms. The first-order chi connectivity index (χ1) is 18.6. The van der Waals surface area contributed by atoms with Crippen LogP contribution in [0.5, 0.6) is 17.2 Å². The van der Waals surface area contributed by atoms with Crippen LogP contribution in [0, 0.1) is 13.8 Å². The average molecular weight is 530 g/mol. The third-order valence-corrected chi connectivity index (χ3v) is 7.11. The third-order valence-electron chi connectivity index (χ3n) is 7.11. The van der Waals surface area contributed by atoms with E-state index in [1.807, 2.05) is 45.9 Å². The number of aryl methyl sites for hydroxylation is 2. The van der Waals surface area contributed by atoms with Gasteiger partial charge < -0.3 is 24.6 Å². The van der Waals surface area contributed by atoms with E-state index in [4.69, 9.17) is 9.47 Å². The molecule has 204 valence electrons. The van der Waals surface area contributed by atoms with E-state index in [2.05, 4.69) is 0 Å². The topological polar surface area (TPSA) is 96.3 Å². The van der Waals surface area contributed by atoms with Gasteiger partial charge >= 0.3 is 0 Å². The fourth-order valence-corrected chi connectivity index (χ4v) is 5.00. The van der Waals surface area contributed by atoms with Crippen molar-refractivity contribution in [3.63, 3.8) is 0 Å². The van der Waals surface area contributed by atoms with Crippen LogP contribution < -0.4 is 9.47 Å². The Hall–Kier alpha value is -4.26. The van der Waals surface area contributed by atoms with Crippen molar-refractivity contribution in [3.05, 3.63) is 93.6 Å². The van der Waals surface area contributed by atoms with E-state index < -0.39 is 17.7 Å². The zero-order valence-corrected chi connectivity index (χ0v) is 23.2. The van der Waals surface area contributed by atoms with Crippen LogP contribution in [0.3, 0.4) is 0 Å². The molecule has 0 aromatic heterocycles. The van der Waals surface area contributed by atoms with Gasteiger partial charge in [0, 0.05) is 12.1 Å². The fourth-order valence-electron chi connectivity index (χ4n) is 5.00. The molecule has 0 aliphatic carbocycles. The molecular weight excluding hydrogens is 494 g/mol. The summed E-state index contributed by atoms with van der Waals surface area (Å²) in [5.74, 6) is -0.781. The Kier molecular flexibility index (Phi) is 8.00. The number of likely N-dealkylation sites (tertiary alicyclic amines) is 1. The van der Waals surface area contributed by atoms with Gasteiger partial charge in [0.15, 0.2) is 11.5 Å². The minimum atomic E-state index is -0.894. The van der Waals surface area contributed by atoms with Gasteiger partial charge in [-0.1, -0.05) is 43.7 Å². The summed E-state index contributed by atoms with van der Waals surface area (Å²) in [4.78, 5) is 28.6. The lowest BCUT2D eigenvalue weighted by molar-refractivity contribution is -0.140. The first kappa shape index (κ1) is 27.8. The summed E-state index contributed by atoms with van der Waals surface area (Å²) >= 11 is 0. The number of aliphatic hydroxyl groups excluding tert-OH is 1. The number of carbonyl (C=O) groups excluding carboxylic acids is 2. The molecule has 7 heteroatoms. The Labute approximate surface area is 229 Å². The number of ether oxygens (including phenoxy) is 2. The lowest BCUT2D eigenvalue weighted by Crippen LogP contribution is -2.29. The van der Waals surface area contributed by atoms with Gasteiger partial charge in [0.25, 0.3) is 11.7 Å². The summed E-state index contributed by atoms with van der Waals surface area (Å²) in [6.45, 7) is 10.2. The molecule has 0 radical (unpaired) electrons. The molecule has 4 rings (SSSR count). The van der Waals surface area contributed by atoms with E-state index in [0.717, 1.165) is 22.3 Å². The molecule has 1 amide bonds. The number of amides is 1. The number of ketones is 1. The Bertz CT molecular complexity index is 1460. The fraction of sp³-hybridized carbons (Fsp3) is 0.312. The molecule has 1 fully saturated rings. The lowest BCUT2D eigenvalue weighted by Gasteiger charge is -2.27. The van der Waals surface area contributed by atoms with Crippen LogP contribution in [0.1, 0.15) is 66.1 Å². The number of rotatable bonds is 8. The molecule has 2 N–H and O–H groups in total. The van der Waals surface area contributed by atoms with E-state index >= 15 is 0 Å². The summed E-state index contributed by atoms with van der Waals surface area (Å²) in [6, 6.07) is 15.0. The maximum absolute atomic E-state index is 13.6. The number of Topliss-reactive ketones (excluding diaryl/α,β-unsaturated/α-hetero) is 1. The van der Waals surface area contributed by atoms with Crippen molar-refractivity contribution in [1.29, 1.82) is 0 Å². The molecule has 1 aliphatic heterocycles. The minimum absolute atomic E-state index is 0.0154. The van der Waals surface area contributed by atoms with Crippen LogP contribution in [0.15, 0.2) is 60.2 Å². The Morgan fingerprint density at radius 1 is 1.00 bits per heavy atom. The lowest BCUT2D eigenvalue weighted by atomic mass is 9.92. The number of aliphatic hydroxyl groups is 1. The first-order valence-electron chi connectivity index (χ1n) is 13.1. The number of carbonyl (C=O) groups is 2. The van der Waals surface area contributed by atoms with Crippen molar-refractivity contribution < 1.29 is 29.3 Å². The SMILES string of the molecule is CCOc1cc(C2/C(=C(\O)c3ccc(OC)c(C(C)C)c3)C(=O)C(=O)N2Cc2cc(C)ccc2C)ccc1O. The molecule has 1 atom stereocenters. The van der Waals surface area contributed by atoms with E-state index in [1.165, 1.54) is 11.0 Å². The zero-order valence-electron chi connectivity index (χ0n) is 23.2. The monoisotopic (exact) mass is 529 g/mol. The van der Waals surface area contributed by atoms with Crippen LogP contribution in [-0.2, 0) is 16.1 Å². The van der Waals surface area contributed by atoms with Crippen molar-refractivity contribution in [3.8, 4) is 17.2 Å². The summed E-state index contributed by atoms with van der Waals surface area (Å²) in [5, 5.41) is 21.9. The second-order valence-electron chi connectivity index (χ2n) is 10.1. The van der Waals surface area contributed by atoms with Crippen LogP contribution in [0.25, 0.3) is 5.76 Å². The maximum atomic E-state index is 13.6. The highest BCUT2D eigenvalue weighted by atomic mass is 16.5. The number of phenolic OH excluding ortho intramolecular Hbond substituents is 1. The van der Waals surface area contributed by atoms with Crippen molar-refractivity contribution in [1.82, 2.24) is 4.90 Å². The maximum Gasteiger partial charge on any atom is 0.295 e. The number of phenols is 1. The number of nitrogens with zero attached hydrogens (tertiary/aromatic N) is 1. The molecule has 1 unspecified atom stereocenters. The van der Waals surface area contributed by atoms with Crippen molar-refractivity contribution in [2.24, 2.45) is 0 Å². The van der Waals surface area contributed by atoms with Crippen LogP contribution in [-0.4, -0.2) is 40.5 Å². The number of benzene rings is 3. The summed E-state index contributed by atoms with van der Waals surface area (Å²) < 4.78 is 11.1. The van der Waals surface area contributed by atoms with Gasteiger partial charge in [-0.2, -0.15) is 0 Å². The highest BCUT2D eigenvalue weighted by Gasteiger charge is 2.46. The standard InChI is InChI=1S/C32H35NO6/c1-7-39-27-16-21(10-12-25(27)34)29-28(30(35)22-11-13-26(38-6)24(15-22)18(2)3)31(36)32(37)33(29)17-23-14-19(4)8-9-20(23)5/h8-16,18,29,34-35H,7,17H2,1-6H3/b30-28+. The Morgan fingerprint density at radius 2 is 1.74 bits per heavy atom. The molecule has 3 aromatic carbocycles. The molecule has 0 saturated carbocycles. The minimum Gasteiger partial charge on any atom is -0.507 e. The van der Waals surface area contributed by atoms with Gasteiger partial charge in [-0.25, -0.2) is 0 Å². The number of hydrogen-bond donors (Lipinski definition) is 2. The second-order valence-corrected chi connectivity index (χ2v) is 10.1. The van der Waals surface area contributed by atoms with Crippen molar-refractivity contribution in [2.45, 2.75) is 53.1 Å². The molecule has 0 bridgehead atoms. The van der Waals surface area contributed by atoms with Crippen LogP contribution >= 0.6 is 0 Å². The molecule has 1 heterocycles. The Morgan fingerprint density at radius 3 is 2.41 bits per heavy atom. The predicted octanol–water partition coefficient (Wildman–Crippen LogP) is 6.16. The normalized spacial score (nSPS) is 16.7. The van der Waals surface area contributed by atoms with Gasteiger partial charge in [0.2, 0.25) is 0 Å². The van der Waals surface area contributed by atoms with E-state index in [1.54, 1.807) is 44.4 Å². The highest BCUT2D eigenvalue weighted by molar-refractivity contribution is 6.46. The average Bonchev–Trinajstić information content (AvgIpc) is 3.16. The Balaban J connectivity index is 1.93. The van der Waals surface area contributed by atoms with Gasteiger partial charge in [-0.05, 0) is 79.3 Å². The van der Waals surface area contributed by atoms with E-state index in [-0.39, 0.29) is 35.3 Å². The quantitative estimate of drug-likeness (QED) is 0.206. The molecule has 1 aliphatic rings. The third kappa shape index (κ3) is 5.35. The van der Waals surface area contributed by atoms with E-state index in [0.29, 0.717) is 23.5 Å². The molecule has 7 nitrogen and oxygen atoms in total. The molecule has 0 spiro atoms.